The number of amides is 3. The summed E-state index contributed by atoms with van der Waals surface area (Å²) in [6.07, 6.45) is 1.12. The molecule has 1 aromatic carbocycles. The van der Waals surface area contributed by atoms with Crippen molar-refractivity contribution in [3.63, 3.8) is 0 Å². The largest absolute Gasteiger partial charge is 0.371 e. The maximum Gasteiger partial charge on any atom is 0.312 e. The molecule has 0 spiro atoms. The predicted molar refractivity (Wildman–Crippen MR) is 140 cm³/mol. The molecule has 2 unspecified atom stereocenters. The van der Waals surface area contributed by atoms with Gasteiger partial charge in [0, 0.05) is 18.5 Å². The fourth-order valence-electron chi connectivity index (χ4n) is 3.47. The van der Waals surface area contributed by atoms with E-state index in [1.165, 1.54) is 0 Å². The Kier molecular flexibility index (Phi) is 11.9. The van der Waals surface area contributed by atoms with Gasteiger partial charge >= 0.3 is 6.03 Å². The minimum atomic E-state index is -0.663. The highest BCUT2D eigenvalue weighted by atomic mass is 16.5. The molecule has 0 saturated heterocycles. The molecule has 3 amide bonds. The third-order valence-electron chi connectivity index (χ3n) is 5.28. The van der Waals surface area contributed by atoms with Crippen molar-refractivity contribution >= 4 is 17.7 Å². The summed E-state index contributed by atoms with van der Waals surface area (Å²) in [5, 5.41) is 8.85. The Morgan fingerprint density at radius 3 is 2.03 bits per heavy atom. The van der Waals surface area contributed by atoms with Gasteiger partial charge in [-0.3, -0.25) is 9.59 Å². The Bertz CT molecular complexity index is 823. The van der Waals surface area contributed by atoms with Gasteiger partial charge < -0.3 is 26.4 Å². The second-order valence-electron chi connectivity index (χ2n) is 11.5. The topological polar surface area (TPSA) is 123 Å². The SMILES string of the molecule is CC(C)C(NC(C)(C)C)C(=O)NC(CCCNC(N)=O)C(=O)Cc1ccc(COC(C)(C)C)cc1. The first-order valence-electron chi connectivity index (χ1n) is 12.4. The van der Waals surface area contributed by atoms with Crippen molar-refractivity contribution < 1.29 is 19.1 Å². The van der Waals surface area contributed by atoms with E-state index in [2.05, 4.69) is 16.0 Å². The lowest BCUT2D eigenvalue weighted by Crippen LogP contribution is -2.56. The van der Waals surface area contributed by atoms with Crippen LogP contribution in [0, 0.1) is 5.92 Å². The summed E-state index contributed by atoms with van der Waals surface area (Å²) in [5.41, 5.74) is 6.57. The van der Waals surface area contributed by atoms with Crippen molar-refractivity contribution in [2.45, 2.75) is 104 Å². The van der Waals surface area contributed by atoms with Crippen LogP contribution in [-0.2, 0) is 27.4 Å². The first kappa shape index (κ1) is 30.6. The maximum absolute atomic E-state index is 13.2. The van der Waals surface area contributed by atoms with Gasteiger partial charge in [-0.15, -0.1) is 0 Å². The Morgan fingerprint density at radius 1 is 0.971 bits per heavy atom. The number of ketones is 1. The van der Waals surface area contributed by atoms with Crippen molar-refractivity contribution in [2.75, 3.05) is 6.54 Å². The zero-order valence-corrected chi connectivity index (χ0v) is 22.8. The second kappa shape index (κ2) is 13.6. The van der Waals surface area contributed by atoms with Crippen LogP contribution in [0.1, 0.15) is 79.4 Å². The van der Waals surface area contributed by atoms with E-state index in [0.717, 1.165) is 11.1 Å². The highest BCUT2D eigenvalue weighted by Gasteiger charge is 2.30. The molecule has 8 nitrogen and oxygen atoms in total. The van der Waals surface area contributed by atoms with E-state index in [1.807, 2.05) is 79.7 Å². The van der Waals surface area contributed by atoms with E-state index in [-0.39, 0.29) is 35.2 Å². The van der Waals surface area contributed by atoms with Gasteiger partial charge in [0.15, 0.2) is 5.78 Å². The van der Waals surface area contributed by atoms with Crippen LogP contribution in [0.4, 0.5) is 4.79 Å². The zero-order chi connectivity index (χ0) is 26.8. The molecule has 8 heteroatoms. The highest BCUT2D eigenvalue weighted by molar-refractivity contribution is 5.92. The third kappa shape index (κ3) is 13.3. The first-order chi connectivity index (χ1) is 16.1. The van der Waals surface area contributed by atoms with E-state index < -0.39 is 18.1 Å². The highest BCUT2D eigenvalue weighted by Crippen LogP contribution is 2.15. The molecule has 198 valence electrons. The average molecular weight is 491 g/mol. The number of rotatable bonds is 13. The molecule has 35 heavy (non-hydrogen) atoms. The summed E-state index contributed by atoms with van der Waals surface area (Å²) in [7, 11) is 0. The molecule has 0 bridgehead atoms. The fourth-order valence-corrected chi connectivity index (χ4v) is 3.47. The third-order valence-corrected chi connectivity index (χ3v) is 5.28. The van der Waals surface area contributed by atoms with Crippen molar-refractivity contribution in [1.29, 1.82) is 0 Å². The van der Waals surface area contributed by atoms with Gasteiger partial charge in [0.05, 0.1) is 24.3 Å². The van der Waals surface area contributed by atoms with E-state index in [0.29, 0.717) is 26.0 Å². The van der Waals surface area contributed by atoms with Crippen molar-refractivity contribution in [2.24, 2.45) is 11.7 Å². The van der Waals surface area contributed by atoms with Crippen LogP contribution in [0.2, 0.25) is 0 Å². The van der Waals surface area contributed by atoms with Crippen molar-refractivity contribution in [3.05, 3.63) is 35.4 Å². The predicted octanol–water partition coefficient (Wildman–Crippen LogP) is 3.46. The van der Waals surface area contributed by atoms with E-state index in [1.54, 1.807) is 0 Å². The molecule has 0 aromatic heterocycles. The minimum absolute atomic E-state index is 0.0457. The molecule has 0 saturated carbocycles. The summed E-state index contributed by atoms with van der Waals surface area (Å²) in [6.45, 7) is 16.8. The smallest absolute Gasteiger partial charge is 0.312 e. The molecule has 1 aromatic rings. The van der Waals surface area contributed by atoms with Gasteiger partial charge in [-0.1, -0.05) is 38.1 Å². The number of nitrogens with one attached hydrogen (secondary N) is 3. The van der Waals surface area contributed by atoms with Crippen LogP contribution in [0.15, 0.2) is 24.3 Å². The maximum atomic E-state index is 13.2. The molecule has 0 heterocycles. The number of carbonyl (C=O) groups excluding carboxylic acids is 3. The first-order valence-corrected chi connectivity index (χ1v) is 12.4. The van der Waals surface area contributed by atoms with Gasteiger partial charge in [0.1, 0.15) is 0 Å². The van der Waals surface area contributed by atoms with Gasteiger partial charge in [-0.05, 0) is 71.4 Å². The summed E-state index contributed by atoms with van der Waals surface area (Å²) < 4.78 is 5.81. The summed E-state index contributed by atoms with van der Waals surface area (Å²) in [4.78, 5) is 37.3. The van der Waals surface area contributed by atoms with Crippen molar-refractivity contribution in [1.82, 2.24) is 16.0 Å². The van der Waals surface area contributed by atoms with Crippen LogP contribution in [-0.4, -0.2) is 47.5 Å². The molecule has 0 radical (unpaired) electrons. The standard InChI is InChI=1S/C27H46N4O4/c1-18(2)23(31-26(3,4)5)24(33)30-21(10-9-15-29-25(28)34)22(32)16-19-11-13-20(14-12-19)17-35-27(6,7)8/h11-14,18,21,23,31H,9-10,15-17H2,1-8H3,(H,30,33)(H3,28,29,34). The van der Waals surface area contributed by atoms with Crippen molar-refractivity contribution in [3.8, 4) is 0 Å². The van der Waals surface area contributed by atoms with E-state index >= 15 is 0 Å². The minimum Gasteiger partial charge on any atom is -0.371 e. The number of urea groups is 1. The number of hydrogen-bond acceptors (Lipinski definition) is 5. The quantitative estimate of drug-likeness (QED) is 0.315. The van der Waals surface area contributed by atoms with E-state index in [9.17, 15) is 14.4 Å². The number of ether oxygens (including phenoxy) is 1. The Balaban J connectivity index is 2.90. The lowest BCUT2D eigenvalue weighted by atomic mass is 9.96. The van der Waals surface area contributed by atoms with Crippen LogP contribution in [0.25, 0.3) is 0 Å². The number of benzene rings is 1. The van der Waals surface area contributed by atoms with Gasteiger partial charge in [-0.25, -0.2) is 4.79 Å². The second-order valence-corrected chi connectivity index (χ2v) is 11.5. The number of carbonyl (C=O) groups is 3. The molecule has 0 aliphatic rings. The summed E-state index contributed by atoms with van der Waals surface area (Å²) in [6, 6.07) is 6.05. The number of hydrogen-bond donors (Lipinski definition) is 4. The molecule has 0 aliphatic heterocycles. The fraction of sp³-hybridized carbons (Fsp3) is 0.667. The summed E-state index contributed by atoms with van der Waals surface area (Å²) >= 11 is 0. The lowest BCUT2D eigenvalue weighted by Gasteiger charge is -2.31. The van der Waals surface area contributed by atoms with Gasteiger partial charge in [0.2, 0.25) is 5.91 Å². The Morgan fingerprint density at radius 2 is 1.54 bits per heavy atom. The van der Waals surface area contributed by atoms with Gasteiger partial charge in [-0.2, -0.15) is 0 Å². The lowest BCUT2D eigenvalue weighted by molar-refractivity contribution is -0.130. The van der Waals surface area contributed by atoms with Crippen LogP contribution in [0.5, 0.6) is 0 Å². The molecule has 2 atom stereocenters. The Labute approximate surface area is 211 Å². The zero-order valence-electron chi connectivity index (χ0n) is 22.8. The van der Waals surface area contributed by atoms with Crippen LogP contribution in [0.3, 0.4) is 0 Å². The van der Waals surface area contributed by atoms with Crippen LogP contribution >= 0.6 is 0 Å². The number of Topliss-reactive ketones (excluding diaryl/α,β-unsaturated/α-hetero) is 1. The normalized spacial score (nSPS) is 13.9. The number of primary amides is 1. The van der Waals surface area contributed by atoms with Crippen LogP contribution < -0.4 is 21.7 Å². The average Bonchev–Trinajstić information content (AvgIpc) is 2.72. The molecule has 1 rings (SSSR count). The molecule has 5 N–H and O–H groups in total. The summed E-state index contributed by atoms with van der Waals surface area (Å²) in [5.74, 6) is -0.232. The number of nitrogens with two attached hydrogens (primary N) is 1. The Hall–Kier alpha value is -2.45. The monoisotopic (exact) mass is 490 g/mol. The molecule has 0 aliphatic carbocycles. The molecular weight excluding hydrogens is 444 g/mol. The molecule has 0 fully saturated rings. The van der Waals surface area contributed by atoms with Gasteiger partial charge in [0.25, 0.3) is 0 Å². The molecular formula is C27H46N4O4. The van der Waals surface area contributed by atoms with E-state index in [4.69, 9.17) is 10.5 Å².